The minimum atomic E-state index is -0.251. The topological polar surface area (TPSA) is 58.6 Å². The van der Waals surface area contributed by atoms with E-state index in [1.807, 2.05) is 24.4 Å². The first kappa shape index (κ1) is 18.6. The molecule has 0 unspecified atom stereocenters. The van der Waals surface area contributed by atoms with Crippen LogP contribution in [0.25, 0.3) is 0 Å². The fourth-order valence-corrected chi connectivity index (χ4v) is 4.04. The molecule has 6 heteroatoms. The summed E-state index contributed by atoms with van der Waals surface area (Å²) in [6.07, 6.45) is 0. The Hall–Kier alpha value is -2.18. The number of aryl methyl sites for hydroxylation is 1. The van der Waals surface area contributed by atoms with E-state index in [2.05, 4.69) is 29.6 Å². The first-order chi connectivity index (χ1) is 12.6. The highest BCUT2D eigenvalue weighted by Gasteiger charge is 2.40. The van der Waals surface area contributed by atoms with E-state index in [1.54, 1.807) is 12.0 Å². The van der Waals surface area contributed by atoms with Gasteiger partial charge in [-0.25, -0.2) is 0 Å². The molecule has 0 saturated carbocycles. The smallest absolute Gasteiger partial charge is 0.263 e. The van der Waals surface area contributed by atoms with Crippen LogP contribution in [0.1, 0.15) is 26.7 Å². The Balaban J connectivity index is 1.79. The van der Waals surface area contributed by atoms with E-state index in [0.717, 1.165) is 5.56 Å². The number of carbonyl (C=O) groups excluding carboxylic acids is 2. The second-order valence-corrected chi connectivity index (χ2v) is 7.54. The quantitative estimate of drug-likeness (QED) is 0.793. The van der Waals surface area contributed by atoms with Gasteiger partial charge in [0.2, 0.25) is 5.91 Å². The molecule has 1 aliphatic heterocycles. The van der Waals surface area contributed by atoms with Gasteiger partial charge in [-0.05, 0) is 23.9 Å². The average Bonchev–Trinajstić information content (AvgIpc) is 3.32. The van der Waals surface area contributed by atoms with Gasteiger partial charge in [0, 0.05) is 32.7 Å². The molecule has 138 valence electrons. The van der Waals surface area contributed by atoms with Crippen LogP contribution >= 0.6 is 11.3 Å². The van der Waals surface area contributed by atoms with Gasteiger partial charge in [-0.2, -0.15) is 0 Å². The van der Waals surface area contributed by atoms with Gasteiger partial charge in [-0.15, -0.1) is 11.3 Å². The second-order valence-electron chi connectivity index (χ2n) is 6.59. The summed E-state index contributed by atoms with van der Waals surface area (Å²) in [5.74, 6) is -0.265. The third-order valence-electron chi connectivity index (χ3n) is 4.79. The van der Waals surface area contributed by atoms with E-state index in [0.29, 0.717) is 31.1 Å². The zero-order chi connectivity index (χ0) is 18.5. The van der Waals surface area contributed by atoms with Crippen molar-refractivity contribution < 1.29 is 14.3 Å². The number of nitrogens with one attached hydrogen (secondary N) is 1. The fourth-order valence-electron chi connectivity index (χ4n) is 3.35. The molecule has 2 heterocycles. The van der Waals surface area contributed by atoms with Crippen molar-refractivity contribution in [1.29, 1.82) is 0 Å². The van der Waals surface area contributed by atoms with Crippen molar-refractivity contribution in [3.05, 3.63) is 57.8 Å². The van der Waals surface area contributed by atoms with Crippen LogP contribution in [-0.2, 0) is 9.53 Å². The minimum absolute atomic E-state index is 0.00190. The highest BCUT2D eigenvalue weighted by atomic mass is 32.1. The summed E-state index contributed by atoms with van der Waals surface area (Å²) in [6.45, 7) is 3.99. The standard InChI is InChI=1S/C20H24N2O3S/c1-14-5-7-15(8-6-14)16-12-22(20(24)18-4-3-11-26-18)13-17(16)19(23)21-9-10-25-2/h3-8,11,16-17H,9-10,12-13H2,1-2H3,(H,21,23)/t16-,17-/m1/s1. The zero-order valence-electron chi connectivity index (χ0n) is 15.1. The van der Waals surface area contributed by atoms with Crippen molar-refractivity contribution in [2.45, 2.75) is 12.8 Å². The van der Waals surface area contributed by atoms with Crippen molar-refractivity contribution in [1.82, 2.24) is 10.2 Å². The van der Waals surface area contributed by atoms with Crippen LogP contribution < -0.4 is 5.32 Å². The van der Waals surface area contributed by atoms with Gasteiger partial charge < -0.3 is 15.0 Å². The van der Waals surface area contributed by atoms with Gasteiger partial charge >= 0.3 is 0 Å². The van der Waals surface area contributed by atoms with Crippen LogP contribution in [0.5, 0.6) is 0 Å². The molecule has 1 aliphatic rings. The number of nitrogens with zero attached hydrogens (tertiary/aromatic N) is 1. The summed E-state index contributed by atoms with van der Waals surface area (Å²) in [5.41, 5.74) is 2.28. The van der Waals surface area contributed by atoms with Crippen LogP contribution in [0.4, 0.5) is 0 Å². The number of hydrogen-bond acceptors (Lipinski definition) is 4. The van der Waals surface area contributed by atoms with Crippen molar-refractivity contribution in [3.8, 4) is 0 Å². The van der Waals surface area contributed by atoms with Gasteiger partial charge in [0.1, 0.15) is 0 Å². The Labute approximate surface area is 158 Å². The van der Waals surface area contributed by atoms with Crippen LogP contribution in [-0.4, -0.2) is 50.1 Å². The molecule has 0 bridgehead atoms. The molecule has 2 aromatic rings. The van der Waals surface area contributed by atoms with E-state index in [9.17, 15) is 9.59 Å². The maximum Gasteiger partial charge on any atom is 0.263 e. The predicted molar refractivity (Wildman–Crippen MR) is 103 cm³/mol. The van der Waals surface area contributed by atoms with Crippen LogP contribution in [0.15, 0.2) is 41.8 Å². The Morgan fingerprint density at radius 2 is 2.00 bits per heavy atom. The summed E-state index contributed by atoms with van der Waals surface area (Å²) in [6, 6.07) is 11.9. The first-order valence-corrected chi connectivity index (χ1v) is 9.64. The summed E-state index contributed by atoms with van der Waals surface area (Å²) in [5, 5.41) is 4.83. The maximum absolute atomic E-state index is 12.8. The molecule has 1 fully saturated rings. The molecule has 0 aliphatic carbocycles. The average molecular weight is 372 g/mol. The van der Waals surface area contributed by atoms with E-state index >= 15 is 0 Å². The van der Waals surface area contributed by atoms with Gasteiger partial charge in [-0.1, -0.05) is 35.9 Å². The molecule has 2 atom stereocenters. The molecule has 1 N–H and O–H groups in total. The summed E-state index contributed by atoms with van der Waals surface area (Å²) >= 11 is 1.44. The monoisotopic (exact) mass is 372 g/mol. The third-order valence-corrected chi connectivity index (χ3v) is 5.64. The highest BCUT2D eigenvalue weighted by Crippen LogP contribution is 2.34. The molecule has 1 aromatic heterocycles. The largest absolute Gasteiger partial charge is 0.383 e. The minimum Gasteiger partial charge on any atom is -0.383 e. The molecule has 1 saturated heterocycles. The second kappa shape index (κ2) is 8.47. The molecule has 5 nitrogen and oxygen atoms in total. The van der Waals surface area contributed by atoms with Crippen molar-refractivity contribution in [3.63, 3.8) is 0 Å². The first-order valence-electron chi connectivity index (χ1n) is 8.76. The van der Waals surface area contributed by atoms with Gasteiger partial charge in [0.15, 0.2) is 0 Å². The molecule has 3 rings (SSSR count). The van der Waals surface area contributed by atoms with Crippen molar-refractivity contribution in [2.24, 2.45) is 5.92 Å². The van der Waals surface area contributed by atoms with Crippen LogP contribution in [0.3, 0.4) is 0 Å². The number of hydrogen-bond donors (Lipinski definition) is 1. The Morgan fingerprint density at radius 3 is 2.65 bits per heavy atom. The molecular weight excluding hydrogens is 348 g/mol. The normalized spacial score (nSPS) is 19.5. The van der Waals surface area contributed by atoms with E-state index in [-0.39, 0.29) is 23.7 Å². The lowest BCUT2D eigenvalue weighted by molar-refractivity contribution is -0.125. The number of likely N-dealkylation sites (tertiary alicyclic amines) is 1. The lowest BCUT2D eigenvalue weighted by atomic mass is 9.88. The third kappa shape index (κ3) is 4.14. The molecule has 0 spiro atoms. The molecule has 0 radical (unpaired) electrons. The Kier molecular flexibility index (Phi) is 6.06. The number of ether oxygens (including phenoxy) is 1. The zero-order valence-corrected chi connectivity index (χ0v) is 15.9. The van der Waals surface area contributed by atoms with Gasteiger partial charge in [0.25, 0.3) is 5.91 Å². The predicted octanol–water partition coefficient (Wildman–Crippen LogP) is 2.67. The highest BCUT2D eigenvalue weighted by molar-refractivity contribution is 7.12. The van der Waals surface area contributed by atoms with E-state index < -0.39 is 0 Å². The Morgan fingerprint density at radius 1 is 1.23 bits per heavy atom. The summed E-state index contributed by atoms with van der Waals surface area (Å²) in [4.78, 5) is 28.0. The van der Waals surface area contributed by atoms with E-state index in [4.69, 9.17) is 4.74 Å². The maximum atomic E-state index is 12.8. The summed E-state index contributed by atoms with van der Waals surface area (Å²) in [7, 11) is 1.61. The number of thiophene rings is 1. The van der Waals surface area contributed by atoms with E-state index in [1.165, 1.54) is 16.9 Å². The van der Waals surface area contributed by atoms with Gasteiger partial charge in [-0.3, -0.25) is 9.59 Å². The molecule has 26 heavy (non-hydrogen) atoms. The van der Waals surface area contributed by atoms with Crippen LogP contribution in [0, 0.1) is 12.8 Å². The number of rotatable bonds is 6. The fraction of sp³-hybridized carbons (Fsp3) is 0.400. The molecule has 1 aromatic carbocycles. The number of benzene rings is 1. The molecule has 2 amide bonds. The Bertz CT molecular complexity index is 743. The molecular formula is C20H24N2O3S. The van der Waals surface area contributed by atoms with Gasteiger partial charge in [0.05, 0.1) is 17.4 Å². The SMILES string of the molecule is COCCNC(=O)[C@@H]1CN(C(=O)c2cccs2)C[C@@H]1c1ccc(C)cc1. The number of methoxy groups -OCH3 is 1. The van der Waals surface area contributed by atoms with Crippen molar-refractivity contribution >= 4 is 23.2 Å². The lowest BCUT2D eigenvalue weighted by Crippen LogP contribution is -2.37. The number of carbonyl (C=O) groups is 2. The number of amides is 2. The van der Waals surface area contributed by atoms with Crippen LogP contribution in [0.2, 0.25) is 0 Å². The van der Waals surface area contributed by atoms with Crippen molar-refractivity contribution in [2.75, 3.05) is 33.4 Å². The lowest BCUT2D eigenvalue weighted by Gasteiger charge is -2.18. The summed E-state index contributed by atoms with van der Waals surface area (Å²) < 4.78 is 5.01.